The van der Waals surface area contributed by atoms with E-state index in [-0.39, 0.29) is 51.9 Å². The number of anilines is 1. The molecule has 2 heterocycles. The summed E-state index contributed by atoms with van der Waals surface area (Å²) in [6, 6.07) is 11.7. The second-order valence-corrected chi connectivity index (χ2v) is 10.9. The van der Waals surface area contributed by atoms with Crippen molar-refractivity contribution in [2.75, 3.05) is 19.0 Å². The number of alkyl carbamates (subject to hydrolysis) is 1. The van der Waals surface area contributed by atoms with Gasteiger partial charge in [0, 0.05) is 40.0 Å². The van der Waals surface area contributed by atoms with Gasteiger partial charge in [-0.2, -0.15) is 0 Å². The Morgan fingerprint density at radius 1 is 1.06 bits per heavy atom. The Hall–Kier alpha value is -6.51. The summed E-state index contributed by atoms with van der Waals surface area (Å²) in [7, 11) is 1.42. The molecule has 252 valence electrons. The van der Waals surface area contributed by atoms with E-state index in [0.717, 1.165) is 12.8 Å². The van der Waals surface area contributed by atoms with Crippen molar-refractivity contribution in [3.8, 4) is 16.9 Å². The quantitative estimate of drug-likeness (QED) is 0.104. The van der Waals surface area contributed by atoms with Gasteiger partial charge in [-0.3, -0.25) is 20.3 Å². The Balaban J connectivity index is 1.34. The van der Waals surface area contributed by atoms with Gasteiger partial charge in [-0.15, -0.1) is 0 Å². The Morgan fingerprint density at radius 3 is 2.41 bits per heavy atom. The lowest BCUT2D eigenvalue weighted by molar-refractivity contribution is 0.0690. The van der Waals surface area contributed by atoms with Crippen LogP contribution < -0.4 is 26.5 Å². The van der Waals surface area contributed by atoms with Crippen molar-refractivity contribution in [2.45, 2.75) is 26.4 Å². The highest BCUT2D eigenvalue weighted by atomic mass is 16.6. The maximum absolute atomic E-state index is 13.7. The Kier molecular flexibility index (Phi) is 10.0. The van der Waals surface area contributed by atoms with Crippen molar-refractivity contribution >= 4 is 41.5 Å². The van der Waals surface area contributed by atoms with E-state index >= 15 is 0 Å². The molecule has 0 saturated heterocycles. The Labute approximate surface area is 278 Å². The van der Waals surface area contributed by atoms with Crippen molar-refractivity contribution in [2.24, 2.45) is 5.92 Å². The Morgan fingerprint density at radius 2 is 1.80 bits per heavy atom. The molecule has 1 aliphatic rings. The van der Waals surface area contributed by atoms with Gasteiger partial charge in [-0.1, -0.05) is 12.7 Å². The number of methoxy groups -OCH3 is 1. The van der Waals surface area contributed by atoms with Crippen LogP contribution in [-0.4, -0.2) is 53.5 Å². The van der Waals surface area contributed by atoms with Crippen LogP contribution in [0.3, 0.4) is 0 Å². The third-order valence-electron chi connectivity index (χ3n) is 7.53. The van der Waals surface area contributed by atoms with Gasteiger partial charge in [0.15, 0.2) is 23.8 Å². The van der Waals surface area contributed by atoms with Crippen molar-refractivity contribution in [3.05, 3.63) is 105 Å². The summed E-state index contributed by atoms with van der Waals surface area (Å²) in [5, 5.41) is 26.0. The Bertz CT molecular complexity index is 2030. The van der Waals surface area contributed by atoms with Gasteiger partial charge in [0.1, 0.15) is 17.3 Å². The van der Waals surface area contributed by atoms with E-state index in [2.05, 4.69) is 27.5 Å². The molecule has 0 atom stereocenters. The van der Waals surface area contributed by atoms with Gasteiger partial charge in [0.2, 0.25) is 0 Å². The minimum Gasteiger partial charge on any atom is -0.496 e. The normalized spacial score (nSPS) is 12.0. The number of nitrogens with one attached hydrogen (secondary N) is 4. The van der Waals surface area contributed by atoms with E-state index in [1.807, 2.05) is 0 Å². The van der Waals surface area contributed by atoms with E-state index < -0.39 is 35.4 Å². The van der Waals surface area contributed by atoms with Crippen LogP contribution in [0.2, 0.25) is 0 Å². The monoisotopic (exact) mass is 669 g/mol. The molecule has 1 fully saturated rings. The van der Waals surface area contributed by atoms with Crippen LogP contribution in [0.5, 0.6) is 5.75 Å². The third-order valence-corrected chi connectivity index (χ3v) is 7.53. The minimum absolute atomic E-state index is 0.0333. The first kappa shape index (κ1) is 33.8. The number of carbonyl (C=O) groups is 4. The van der Waals surface area contributed by atoms with E-state index in [0.29, 0.717) is 29.5 Å². The molecule has 15 nitrogen and oxygen atoms in total. The number of carbonyl (C=O) groups excluding carboxylic acids is 3. The fraction of sp³-hybridized carbons (Fsp3) is 0.206. The van der Waals surface area contributed by atoms with Crippen molar-refractivity contribution in [3.63, 3.8) is 0 Å². The highest BCUT2D eigenvalue weighted by Gasteiger charge is 2.25. The molecule has 2 aromatic heterocycles. The maximum Gasteiger partial charge on any atom is 0.519 e. The topological polar surface area (TPSA) is 223 Å². The standard InChI is InChI=1S/C34H31N5O10/c1-4-19-13-24(23(14-26(19)46-3)22-11-12-25(38-28(22)32(42)43)31(41)36-15-18-5-6-18)30(40)37-21-9-7-20(8-10-21)29(35)39-33(44)47-16-27-17(2)48-34(45)49-27/h4,7-14,18H,1,5-6,15-16H2,2-3H3,(H,36,41)(H,37,40)(H,42,43)(H2,35,39,44). The highest BCUT2D eigenvalue weighted by molar-refractivity contribution is 6.11. The number of rotatable bonds is 12. The highest BCUT2D eigenvalue weighted by Crippen LogP contribution is 2.34. The summed E-state index contributed by atoms with van der Waals surface area (Å²) in [5.74, 6) is -2.82. The molecule has 0 unspecified atom stereocenters. The number of hydrogen-bond donors (Lipinski definition) is 5. The van der Waals surface area contributed by atoms with E-state index in [1.54, 1.807) is 0 Å². The van der Waals surface area contributed by atoms with Gasteiger partial charge in [-0.25, -0.2) is 19.4 Å². The van der Waals surface area contributed by atoms with Crippen molar-refractivity contribution in [1.29, 1.82) is 5.41 Å². The van der Waals surface area contributed by atoms with Crippen LogP contribution in [-0.2, 0) is 11.3 Å². The first-order chi connectivity index (χ1) is 23.5. The zero-order valence-corrected chi connectivity index (χ0v) is 26.4. The van der Waals surface area contributed by atoms with Gasteiger partial charge in [-0.05, 0) is 74.2 Å². The third kappa shape index (κ3) is 8.08. The number of pyridine rings is 1. The molecule has 5 N–H and O–H groups in total. The summed E-state index contributed by atoms with van der Waals surface area (Å²) < 4.78 is 19.9. The fourth-order valence-electron chi connectivity index (χ4n) is 4.73. The molecule has 0 radical (unpaired) electrons. The first-order valence-corrected chi connectivity index (χ1v) is 14.9. The maximum atomic E-state index is 13.7. The van der Waals surface area contributed by atoms with Crippen molar-refractivity contribution < 1.29 is 42.6 Å². The molecule has 3 amide bonds. The van der Waals surface area contributed by atoms with Crippen molar-refractivity contribution in [1.82, 2.24) is 15.6 Å². The lowest BCUT2D eigenvalue weighted by atomic mass is 9.94. The van der Waals surface area contributed by atoms with Crippen LogP contribution in [0.25, 0.3) is 17.2 Å². The zero-order chi connectivity index (χ0) is 35.2. The SMILES string of the molecule is C=Cc1cc(C(=O)Nc2ccc(C(=N)NC(=O)OCc3oc(=O)oc3C)cc2)c(-c2ccc(C(=O)NCC3CC3)nc2C(=O)O)cc1OC. The summed E-state index contributed by atoms with van der Waals surface area (Å²) in [6.07, 6.45) is 2.56. The predicted octanol–water partition coefficient (Wildman–Crippen LogP) is 4.60. The molecular formula is C34H31N5O10. The second kappa shape index (κ2) is 14.5. The first-order valence-electron chi connectivity index (χ1n) is 14.9. The summed E-state index contributed by atoms with van der Waals surface area (Å²) in [6.45, 7) is 5.34. The number of carboxylic acids is 1. The summed E-state index contributed by atoms with van der Waals surface area (Å²) in [5.41, 5.74) is 0.879. The molecule has 1 aliphatic carbocycles. The second-order valence-electron chi connectivity index (χ2n) is 10.9. The number of aromatic nitrogens is 1. The molecule has 5 rings (SSSR count). The van der Waals surface area contributed by atoms with E-state index in [1.165, 1.54) is 68.6 Å². The van der Waals surface area contributed by atoms with Crippen LogP contribution in [0.4, 0.5) is 10.5 Å². The van der Waals surface area contributed by atoms with Crippen LogP contribution >= 0.6 is 0 Å². The molecule has 15 heteroatoms. The summed E-state index contributed by atoms with van der Waals surface area (Å²) in [4.78, 5) is 66.1. The molecule has 0 bridgehead atoms. The molecule has 2 aromatic carbocycles. The fourth-order valence-corrected chi connectivity index (χ4v) is 4.73. The molecule has 1 saturated carbocycles. The van der Waals surface area contributed by atoms with Gasteiger partial charge in [0.05, 0.1) is 7.11 Å². The lowest BCUT2D eigenvalue weighted by Gasteiger charge is -2.16. The number of carboxylic acid groups (broad SMARTS) is 1. The van der Waals surface area contributed by atoms with Crippen LogP contribution in [0.1, 0.15) is 66.8 Å². The average Bonchev–Trinajstić information content (AvgIpc) is 3.87. The van der Waals surface area contributed by atoms with Crippen LogP contribution in [0.15, 0.2) is 68.7 Å². The van der Waals surface area contributed by atoms with E-state index in [9.17, 15) is 29.1 Å². The summed E-state index contributed by atoms with van der Waals surface area (Å²) >= 11 is 0. The number of amidine groups is 1. The number of amides is 3. The van der Waals surface area contributed by atoms with Gasteiger partial charge < -0.3 is 34.0 Å². The predicted molar refractivity (Wildman–Crippen MR) is 175 cm³/mol. The van der Waals surface area contributed by atoms with Crippen LogP contribution in [0, 0.1) is 18.3 Å². The number of aryl methyl sites for hydroxylation is 1. The van der Waals surface area contributed by atoms with Gasteiger partial charge >= 0.3 is 17.9 Å². The van der Waals surface area contributed by atoms with E-state index in [4.69, 9.17) is 23.7 Å². The molecule has 0 spiro atoms. The molecule has 49 heavy (non-hydrogen) atoms. The molecular weight excluding hydrogens is 638 g/mol. The number of benzene rings is 2. The number of ether oxygens (including phenoxy) is 2. The van der Waals surface area contributed by atoms with Gasteiger partial charge in [0.25, 0.3) is 11.8 Å². The largest absolute Gasteiger partial charge is 0.519 e. The minimum atomic E-state index is -1.40. The molecule has 4 aromatic rings. The number of hydrogen-bond acceptors (Lipinski definition) is 11. The average molecular weight is 670 g/mol. The zero-order valence-electron chi connectivity index (χ0n) is 26.4. The molecule has 0 aliphatic heterocycles. The number of nitrogens with zero attached hydrogens (tertiary/aromatic N) is 1. The smallest absolute Gasteiger partial charge is 0.496 e. The lowest BCUT2D eigenvalue weighted by Crippen LogP contribution is -2.31. The number of aromatic carboxylic acids is 1.